The van der Waals surface area contributed by atoms with Crippen LogP contribution in [-0.2, 0) is 0 Å². The summed E-state index contributed by atoms with van der Waals surface area (Å²) in [5.41, 5.74) is 2.83. The maximum Gasteiger partial charge on any atom is 0.0936 e. The molecule has 1 heteroatoms. The Hall–Kier alpha value is -1.34. The van der Waals surface area contributed by atoms with Crippen LogP contribution in [0.15, 0.2) is 48.1 Å². The highest BCUT2D eigenvalue weighted by Crippen LogP contribution is 2.39. The molecule has 17 heavy (non-hydrogen) atoms. The second-order valence-electron chi connectivity index (χ2n) is 4.61. The Balaban J connectivity index is 2.57. The first-order valence-electron chi connectivity index (χ1n) is 6.39. The zero-order chi connectivity index (χ0) is 12.3. The molecular formula is C16H20O. The van der Waals surface area contributed by atoms with Crippen molar-refractivity contribution in [1.29, 1.82) is 0 Å². The molecule has 0 unspecified atom stereocenters. The minimum absolute atomic E-state index is 0.693. The Bertz CT molecular complexity index is 442. The molecule has 1 aliphatic rings. The van der Waals surface area contributed by atoms with Gasteiger partial charge in [-0.25, -0.2) is 0 Å². The third kappa shape index (κ3) is 2.20. The lowest BCUT2D eigenvalue weighted by Gasteiger charge is -2.33. The van der Waals surface area contributed by atoms with E-state index in [9.17, 15) is 5.11 Å². The van der Waals surface area contributed by atoms with Crippen LogP contribution < -0.4 is 0 Å². The Labute approximate surface area is 103 Å². The second-order valence-corrected chi connectivity index (χ2v) is 4.61. The molecule has 1 aromatic carbocycles. The fraction of sp³-hybridized carbons (Fsp3) is 0.375. The highest BCUT2D eigenvalue weighted by molar-refractivity contribution is 5.78. The van der Waals surface area contributed by atoms with E-state index >= 15 is 0 Å². The number of hydrogen-bond donors (Lipinski definition) is 1. The second kappa shape index (κ2) is 4.89. The van der Waals surface area contributed by atoms with E-state index in [1.165, 1.54) is 5.57 Å². The monoisotopic (exact) mass is 228 g/mol. The smallest absolute Gasteiger partial charge is 0.0936 e. The summed E-state index contributed by atoms with van der Waals surface area (Å²) in [7, 11) is 0. The Morgan fingerprint density at radius 3 is 2.47 bits per heavy atom. The van der Waals surface area contributed by atoms with Crippen molar-refractivity contribution in [2.75, 3.05) is 0 Å². The molecule has 0 fully saturated rings. The predicted molar refractivity (Wildman–Crippen MR) is 72.7 cm³/mol. The number of hydrogen-bond acceptors (Lipinski definition) is 1. The standard InChI is InChI=1S/C16H20O/c1-3-13-11-8-12-16(17,4-2)15(13)14-9-6-5-7-10-14/h5-11,17H,3-4,12H2,1-2H3/t16-/m0/s1. The summed E-state index contributed by atoms with van der Waals surface area (Å²) in [5.74, 6) is 0. The maximum absolute atomic E-state index is 10.8. The molecule has 0 bridgehead atoms. The topological polar surface area (TPSA) is 20.2 Å². The molecule has 2 rings (SSSR count). The molecule has 0 aliphatic heterocycles. The molecule has 0 spiro atoms. The van der Waals surface area contributed by atoms with Gasteiger partial charge in [0.2, 0.25) is 0 Å². The van der Waals surface area contributed by atoms with Gasteiger partial charge in [0.15, 0.2) is 0 Å². The average molecular weight is 228 g/mol. The van der Waals surface area contributed by atoms with Crippen LogP contribution in [0.5, 0.6) is 0 Å². The van der Waals surface area contributed by atoms with Crippen molar-refractivity contribution in [2.45, 2.75) is 38.7 Å². The number of rotatable bonds is 3. The number of allylic oxidation sites excluding steroid dienone is 2. The third-order valence-corrected chi connectivity index (χ3v) is 3.59. The van der Waals surface area contributed by atoms with Gasteiger partial charge in [-0.05, 0) is 36.0 Å². The predicted octanol–water partition coefficient (Wildman–Crippen LogP) is 3.95. The fourth-order valence-corrected chi connectivity index (χ4v) is 2.56. The van der Waals surface area contributed by atoms with E-state index < -0.39 is 5.60 Å². The summed E-state index contributed by atoms with van der Waals surface area (Å²) >= 11 is 0. The molecule has 0 aromatic heterocycles. The van der Waals surface area contributed by atoms with Crippen LogP contribution in [0.3, 0.4) is 0 Å². The molecule has 1 aromatic rings. The molecule has 0 amide bonds. The Morgan fingerprint density at radius 2 is 1.88 bits per heavy atom. The van der Waals surface area contributed by atoms with E-state index in [2.05, 4.69) is 38.1 Å². The lowest BCUT2D eigenvalue weighted by molar-refractivity contribution is 0.0989. The Morgan fingerprint density at radius 1 is 1.18 bits per heavy atom. The summed E-state index contributed by atoms with van der Waals surface area (Å²) in [4.78, 5) is 0. The van der Waals surface area contributed by atoms with Crippen molar-refractivity contribution < 1.29 is 5.11 Å². The molecule has 1 atom stereocenters. The van der Waals surface area contributed by atoms with E-state index in [0.717, 1.165) is 30.4 Å². The van der Waals surface area contributed by atoms with Crippen molar-refractivity contribution in [2.24, 2.45) is 0 Å². The first-order valence-corrected chi connectivity index (χ1v) is 6.39. The molecule has 1 N–H and O–H groups in total. The molecule has 0 saturated heterocycles. The third-order valence-electron chi connectivity index (χ3n) is 3.59. The van der Waals surface area contributed by atoms with Gasteiger partial charge in [-0.3, -0.25) is 0 Å². The van der Waals surface area contributed by atoms with Crippen molar-refractivity contribution in [3.8, 4) is 0 Å². The molecular weight excluding hydrogens is 208 g/mol. The minimum atomic E-state index is -0.693. The fourth-order valence-electron chi connectivity index (χ4n) is 2.56. The quantitative estimate of drug-likeness (QED) is 0.830. The van der Waals surface area contributed by atoms with E-state index in [4.69, 9.17) is 0 Å². The summed E-state index contributed by atoms with van der Waals surface area (Å²) in [6, 6.07) is 10.3. The van der Waals surface area contributed by atoms with Gasteiger partial charge in [0.05, 0.1) is 5.60 Å². The highest BCUT2D eigenvalue weighted by Gasteiger charge is 2.33. The molecule has 0 saturated carbocycles. The van der Waals surface area contributed by atoms with Gasteiger partial charge in [0, 0.05) is 0 Å². The van der Waals surface area contributed by atoms with Crippen molar-refractivity contribution in [3.05, 3.63) is 53.6 Å². The van der Waals surface area contributed by atoms with Gasteiger partial charge < -0.3 is 5.11 Å². The zero-order valence-corrected chi connectivity index (χ0v) is 10.6. The Kier molecular flexibility index (Phi) is 3.49. The van der Waals surface area contributed by atoms with Crippen LogP contribution in [0.4, 0.5) is 0 Å². The largest absolute Gasteiger partial charge is 0.385 e. The summed E-state index contributed by atoms with van der Waals surface area (Å²) in [6.07, 6.45) is 6.69. The first kappa shape index (κ1) is 12.1. The average Bonchev–Trinajstić information content (AvgIpc) is 2.39. The van der Waals surface area contributed by atoms with Gasteiger partial charge in [0.25, 0.3) is 0 Å². The maximum atomic E-state index is 10.8. The van der Waals surface area contributed by atoms with Crippen LogP contribution in [0.1, 0.15) is 38.7 Å². The summed E-state index contributed by atoms with van der Waals surface area (Å²) in [5, 5.41) is 10.8. The van der Waals surface area contributed by atoms with Crippen molar-refractivity contribution in [1.82, 2.24) is 0 Å². The number of benzene rings is 1. The van der Waals surface area contributed by atoms with E-state index in [0.29, 0.717) is 0 Å². The molecule has 1 nitrogen and oxygen atoms in total. The van der Waals surface area contributed by atoms with Crippen LogP contribution in [-0.4, -0.2) is 10.7 Å². The zero-order valence-electron chi connectivity index (χ0n) is 10.6. The van der Waals surface area contributed by atoms with Crippen LogP contribution in [0.25, 0.3) is 5.57 Å². The molecule has 0 radical (unpaired) electrons. The molecule has 90 valence electrons. The summed E-state index contributed by atoms with van der Waals surface area (Å²) in [6.45, 7) is 4.19. The van der Waals surface area contributed by atoms with Gasteiger partial charge >= 0.3 is 0 Å². The van der Waals surface area contributed by atoms with E-state index in [-0.39, 0.29) is 0 Å². The first-order chi connectivity index (χ1) is 8.21. The SMILES string of the molecule is CCC1=C(c2ccccc2)[C@](O)(CC)CC=C1. The molecule has 1 aliphatic carbocycles. The summed E-state index contributed by atoms with van der Waals surface area (Å²) < 4.78 is 0. The number of aliphatic hydroxyl groups is 1. The van der Waals surface area contributed by atoms with Crippen LogP contribution in [0.2, 0.25) is 0 Å². The van der Waals surface area contributed by atoms with Gasteiger partial charge in [0.1, 0.15) is 0 Å². The van der Waals surface area contributed by atoms with Gasteiger partial charge in [-0.1, -0.05) is 56.3 Å². The minimum Gasteiger partial charge on any atom is -0.385 e. The van der Waals surface area contributed by atoms with Crippen LogP contribution >= 0.6 is 0 Å². The van der Waals surface area contributed by atoms with E-state index in [1.807, 2.05) is 18.2 Å². The lowest BCUT2D eigenvalue weighted by atomic mass is 9.77. The van der Waals surface area contributed by atoms with Gasteiger partial charge in [-0.15, -0.1) is 0 Å². The lowest BCUT2D eigenvalue weighted by Crippen LogP contribution is -2.31. The van der Waals surface area contributed by atoms with Crippen molar-refractivity contribution in [3.63, 3.8) is 0 Å². The van der Waals surface area contributed by atoms with Gasteiger partial charge in [-0.2, -0.15) is 0 Å². The molecule has 0 heterocycles. The highest BCUT2D eigenvalue weighted by atomic mass is 16.3. The van der Waals surface area contributed by atoms with Crippen LogP contribution in [0, 0.1) is 0 Å². The van der Waals surface area contributed by atoms with Crippen molar-refractivity contribution >= 4 is 5.57 Å². The van der Waals surface area contributed by atoms with E-state index in [1.54, 1.807) is 0 Å². The normalized spacial score (nSPS) is 24.2.